The van der Waals surface area contributed by atoms with Gasteiger partial charge in [0.1, 0.15) is 18.0 Å². The van der Waals surface area contributed by atoms with Gasteiger partial charge in [-0.3, -0.25) is 9.69 Å². The lowest BCUT2D eigenvalue weighted by Gasteiger charge is -2.28. The van der Waals surface area contributed by atoms with Crippen LogP contribution in [0.1, 0.15) is 53.0 Å². The zero-order valence-corrected chi connectivity index (χ0v) is 24.2. The molecule has 42 heavy (non-hydrogen) atoms. The number of carbonyl (C=O) groups excluding carboxylic acids is 2. The van der Waals surface area contributed by atoms with Crippen LogP contribution in [-0.4, -0.2) is 54.4 Å². The molecular weight excluding hydrogens is 532 g/mol. The van der Waals surface area contributed by atoms with E-state index >= 15 is 0 Å². The first-order chi connectivity index (χ1) is 20.4. The summed E-state index contributed by atoms with van der Waals surface area (Å²) in [6.07, 6.45) is 7.03. The van der Waals surface area contributed by atoms with Gasteiger partial charge >= 0.3 is 5.97 Å². The van der Waals surface area contributed by atoms with E-state index in [1.807, 2.05) is 77.6 Å². The molecule has 218 valence electrons. The lowest BCUT2D eigenvalue weighted by atomic mass is 10.0. The highest BCUT2D eigenvalue weighted by Gasteiger charge is 2.26. The Morgan fingerprint density at radius 1 is 1.00 bits per heavy atom. The molecule has 2 unspecified atom stereocenters. The average Bonchev–Trinajstić information content (AvgIpc) is 3.53. The predicted octanol–water partition coefficient (Wildman–Crippen LogP) is 5.86. The van der Waals surface area contributed by atoms with Crippen LogP contribution in [0.2, 0.25) is 0 Å². The van der Waals surface area contributed by atoms with Crippen molar-refractivity contribution in [3.63, 3.8) is 0 Å². The summed E-state index contributed by atoms with van der Waals surface area (Å²) in [5.41, 5.74) is 4.88. The van der Waals surface area contributed by atoms with Crippen LogP contribution >= 0.6 is 0 Å². The van der Waals surface area contributed by atoms with Gasteiger partial charge in [0, 0.05) is 30.6 Å². The van der Waals surface area contributed by atoms with Gasteiger partial charge in [-0.15, -0.1) is 0 Å². The molecule has 0 bridgehead atoms. The van der Waals surface area contributed by atoms with Gasteiger partial charge in [0.25, 0.3) is 0 Å². The first-order valence-corrected chi connectivity index (χ1v) is 14.0. The van der Waals surface area contributed by atoms with Crippen LogP contribution in [-0.2, 0) is 20.8 Å². The van der Waals surface area contributed by atoms with Crippen molar-refractivity contribution in [2.24, 2.45) is 0 Å². The lowest BCUT2D eigenvalue weighted by Crippen LogP contribution is -2.34. The molecule has 2 atom stereocenters. The highest BCUT2D eigenvalue weighted by atomic mass is 16.5. The van der Waals surface area contributed by atoms with E-state index in [-0.39, 0.29) is 12.1 Å². The number of nitrogens with zero attached hydrogens (tertiary/aromatic N) is 3. The van der Waals surface area contributed by atoms with Gasteiger partial charge < -0.3 is 19.5 Å². The highest BCUT2D eigenvalue weighted by molar-refractivity contribution is 5.96. The number of methoxy groups -OCH3 is 2. The number of ether oxygens (including phenoxy) is 3. The molecule has 9 nitrogen and oxygen atoms in total. The van der Waals surface area contributed by atoms with Crippen LogP contribution in [0.25, 0.3) is 11.1 Å². The number of nitrogens with one attached hydrogen (secondary N) is 1. The Bertz CT molecular complexity index is 1480. The summed E-state index contributed by atoms with van der Waals surface area (Å²) < 4.78 is 17.8. The Hall–Kier alpha value is -4.47. The summed E-state index contributed by atoms with van der Waals surface area (Å²) in [4.78, 5) is 27.7. The minimum absolute atomic E-state index is 0.0143. The second-order valence-corrected chi connectivity index (χ2v) is 10.4. The van der Waals surface area contributed by atoms with Gasteiger partial charge in [-0.25, -0.2) is 9.48 Å². The number of rotatable bonds is 10. The molecule has 3 aromatic carbocycles. The largest absolute Gasteiger partial charge is 0.497 e. The topological polar surface area (TPSA) is 94.9 Å². The average molecular weight is 569 g/mol. The van der Waals surface area contributed by atoms with Crippen molar-refractivity contribution in [1.29, 1.82) is 0 Å². The molecule has 2 heterocycles. The van der Waals surface area contributed by atoms with E-state index in [1.54, 1.807) is 31.4 Å². The van der Waals surface area contributed by atoms with Crippen molar-refractivity contribution in [1.82, 2.24) is 14.7 Å². The van der Waals surface area contributed by atoms with E-state index in [0.29, 0.717) is 17.8 Å². The molecule has 1 fully saturated rings. The second-order valence-electron chi connectivity index (χ2n) is 10.4. The normalized spacial score (nSPS) is 15.7. The second kappa shape index (κ2) is 13.5. The van der Waals surface area contributed by atoms with E-state index in [2.05, 4.69) is 10.4 Å². The SMILES string of the molecule is COC(=O)c1ccc(C(C(=O)Nc2ccc(-c3cnn(C4CCCCO4)c3)cc2)N(C)Cc2ccc(OC)cc2)cc1. The fourth-order valence-electron chi connectivity index (χ4n) is 5.17. The Morgan fingerprint density at radius 2 is 1.74 bits per heavy atom. The molecule has 5 rings (SSSR count). The monoisotopic (exact) mass is 568 g/mol. The van der Waals surface area contributed by atoms with Crippen molar-refractivity contribution in [2.45, 2.75) is 38.1 Å². The van der Waals surface area contributed by atoms with Crippen LogP contribution in [0.3, 0.4) is 0 Å². The zero-order chi connectivity index (χ0) is 29.5. The Kier molecular flexibility index (Phi) is 9.31. The van der Waals surface area contributed by atoms with E-state index in [9.17, 15) is 9.59 Å². The maximum atomic E-state index is 13.8. The molecule has 0 saturated carbocycles. The molecule has 0 spiro atoms. The van der Waals surface area contributed by atoms with Crippen molar-refractivity contribution >= 4 is 17.6 Å². The predicted molar refractivity (Wildman–Crippen MR) is 160 cm³/mol. The van der Waals surface area contributed by atoms with Crippen molar-refractivity contribution < 1.29 is 23.8 Å². The van der Waals surface area contributed by atoms with Crippen molar-refractivity contribution in [3.8, 4) is 16.9 Å². The molecule has 1 saturated heterocycles. The zero-order valence-electron chi connectivity index (χ0n) is 24.2. The number of likely N-dealkylation sites (N-methyl/N-ethyl adjacent to an activating group) is 1. The molecule has 0 aliphatic carbocycles. The Balaban J connectivity index is 1.33. The number of aromatic nitrogens is 2. The van der Waals surface area contributed by atoms with Crippen LogP contribution < -0.4 is 10.1 Å². The number of anilines is 1. The van der Waals surface area contributed by atoms with Gasteiger partial charge in [0.05, 0.1) is 26.0 Å². The first kappa shape index (κ1) is 29.0. The quantitative estimate of drug-likeness (QED) is 0.240. The third-order valence-corrected chi connectivity index (χ3v) is 7.47. The maximum Gasteiger partial charge on any atom is 0.337 e. The molecule has 1 aliphatic heterocycles. The lowest BCUT2D eigenvalue weighted by molar-refractivity contribution is -0.121. The van der Waals surface area contributed by atoms with Crippen molar-refractivity contribution in [3.05, 3.63) is 102 Å². The van der Waals surface area contributed by atoms with E-state index in [1.165, 1.54) is 7.11 Å². The van der Waals surface area contributed by atoms with Gasteiger partial charge in [0.15, 0.2) is 0 Å². The van der Waals surface area contributed by atoms with E-state index in [4.69, 9.17) is 14.2 Å². The van der Waals surface area contributed by atoms with Crippen LogP contribution in [0.15, 0.2) is 85.2 Å². The Morgan fingerprint density at radius 3 is 2.38 bits per heavy atom. The number of carbonyl (C=O) groups is 2. The van der Waals surface area contributed by atoms with Crippen LogP contribution in [0, 0.1) is 0 Å². The number of amides is 1. The van der Waals surface area contributed by atoms with E-state index < -0.39 is 12.0 Å². The fraction of sp³-hybridized carbons (Fsp3) is 0.303. The summed E-state index contributed by atoms with van der Waals surface area (Å²) in [7, 11) is 4.88. The van der Waals surface area contributed by atoms with Gasteiger partial charge in [-0.1, -0.05) is 36.4 Å². The highest BCUT2D eigenvalue weighted by Crippen LogP contribution is 2.28. The molecule has 1 aromatic heterocycles. The van der Waals surface area contributed by atoms with E-state index in [0.717, 1.165) is 53.9 Å². The molecular formula is C33H36N4O5. The molecule has 1 amide bonds. The molecule has 4 aromatic rings. The summed E-state index contributed by atoms with van der Waals surface area (Å²) in [5, 5.41) is 7.59. The fourth-order valence-corrected chi connectivity index (χ4v) is 5.17. The molecule has 1 aliphatic rings. The summed E-state index contributed by atoms with van der Waals surface area (Å²) >= 11 is 0. The summed E-state index contributed by atoms with van der Waals surface area (Å²) in [5.74, 6) is 0.157. The molecule has 9 heteroatoms. The molecule has 0 radical (unpaired) electrons. The third kappa shape index (κ3) is 6.87. The van der Waals surface area contributed by atoms with Gasteiger partial charge in [-0.05, 0) is 79.4 Å². The molecule has 1 N–H and O–H groups in total. The summed E-state index contributed by atoms with van der Waals surface area (Å²) in [6, 6.07) is 21.8. The van der Waals surface area contributed by atoms with Crippen LogP contribution in [0.4, 0.5) is 5.69 Å². The smallest absolute Gasteiger partial charge is 0.337 e. The van der Waals surface area contributed by atoms with Gasteiger partial charge in [0.2, 0.25) is 5.91 Å². The minimum Gasteiger partial charge on any atom is -0.497 e. The number of hydrogen-bond donors (Lipinski definition) is 1. The number of benzene rings is 3. The number of hydrogen-bond acceptors (Lipinski definition) is 7. The number of esters is 1. The maximum absolute atomic E-state index is 13.8. The first-order valence-electron chi connectivity index (χ1n) is 14.0. The summed E-state index contributed by atoms with van der Waals surface area (Å²) in [6.45, 7) is 1.29. The Labute approximate surface area is 246 Å². The van der Waals surface area contributed by atoms with Crippen molar-refractivity contribution in [2.75, 3.05) is 33.2 Å². The standard InChI is InChI=1S/C33H36N4O5/c1-36(21-23-7-17-29(40-2)18-8-23)31(25-9-11-26(12-10-25)33(39)41-3)32(38)35-28-15-13-24(14-16-28)27-20-34-37(22-27)30-6-4-5-19-42-30/h7-18,20,22,30-31H,4-6,19,21H2,1-3H3,(H,35,38). The van der Waals surface area contributed by atoms with Crippen LogP contribution in [0.5, 0.6) is 5.75 Å². The van der Waals surface area contributed by atoms with Gasteiger partial charge in [-0.2, -0.15) is 5.10 Å². The third-order valence-electron chi connectivity index (χ3n) is 7.47. The minimum atomic E-state index is -0.618.